The van der Waals surface area contributed by atoms with E-state index in [1.54, 1.807) is 6.92 Å². The first-order valence-electron chi connectivity index (χ1n) is 11.3. The van der Waals surface area contributed by atoms with Crippen molar-refractivity contribution < 1.29 is 9.59 Å². The van der Waals surface area contributed by atoms with Crippen molar-refractivity contribution in [3.05, 3.63) is 70.8 Å². The Hall–Kier alpha value is -2.66. The van der Waals surface area contributed by atoms with Crippen LogP contribution >= 0.6 is 0 Å². The molecule has 0 radical (unpaired) electrons. The van der Waals surface area contributed by atoms with Gasteiger partial charge >= 0.3 is 0 Å². The standard InChI is InChI=1S/C26H33N3O2/c1-18-8-7-9-19(2)25(18)26(31)29-16-22-14-28(15-23(22)17-29)13-12-24(27-20(3)30)21-10-5-4-6-11-21/h4-11,22-24H,12-17H2,1-3H3,(H,27,30)/t22?,23?,24-/m0/s1. The molecule has 0 aliphatic carbocycles. The van der Waals surface area contributed by atoms with Crippen molar-refractivity contribution in [1.29, 1.82) is 0 Å². The van der Waals surface area contributed by atoms with E-state index in [0.29, 0.717) is 11.8 Å². The van der Waals surface area contributed by atoms with E-state index >= 15 is 0 Å². The SMILES string of the molecule is CC(=O)N[C@@H](CCN1CC2CN(C(=O)c3c(C)cccc3C)CC2C1)c1ccccc1. The minimum absolute atomic E-state index is 0.00722. The van der Waals surface area contributed by atoms with Crippen LogP contribution in [-0.2, 0) is 4.79 Å². The topological polar surface area (TPSA) is 52.7 Å². The number of nitrogens with zero attached hydrogens (tertiary/aromatic N) is 2. The maximum absolute atomic E-state index is 13.1. The molecular weight excluding hydrogens is 386 g/mol. The Bertz CT molecular complexity index is 909. The molecule has 2 aromatic carbocycles. The monoisotopic (exact) mass is 419 g/mol. The van der Waals surface area contributed by atoms with E-state index in [-0.39, 0.29) is 17.9 Å². The van der Waals surface area contributed by atoms with Crippen molar-refractivity contribution in [3.8, 4) is 0 Å². The predicted octanol–water partition coefficient (Wildman–Crippen LogP) is 3.57. The molecule has 2 aliphatic rings. The van der Waals surface area contributed by atoms with Gasteiger partial charge in [0.15, 0.2) is 0 Å². The van der Waals surface area contributed by atoms with Gasteiger partial charge in [-0.05, 0) is 48.8 Å². The van der Waals surface area contributed by atoms with Crippen LogP contribution in [0.2, 0.25) is 0 Å². The molecule has 2 saturated heterocycles. The fourth-order valence-corrected chi connectivity index (χ4v) is 5.31. The second kappa shape index (κ2) is 9.23. The third-order valence-electron chi connectivity index (χ3n) is 6.86. The lowest BCUT2D eigenvalue weighted by Crippen LogP contribution is -2.35. The van der Waals surface area contributed by atoms with Crippen molar-refractivity contribution >= 4 is 11.8 Å². The zero-order valence-electron chi connectivity index (χ0n) is 18.8. The average molecular weight is 420 g/mol. The average Bonchev–Trinajstić information content (AvgIpc) is 3.30. The first-order valence-corrected chi connectivity index (χ1v) is 11.3. The molecule has 0 bridgehead atoms. The lowest BCUT2D eigenvalue weighted by molar-refractivity contribution is -0.119. The number of hydrogen-bond donors (Lipinski definition) is 1. The van der Waals surface area contributed by atoms with Crippen LogP contribution in [0.25, 0.3) is 0 Å². The zero-order valence-corrected chi connectivity index (χ0v) is 18.8. The van der Waals surface area contributed by atoms with Crippen molar-refractivity contribution in [2.45, 2.75) is 33.2 Å². The number of carbonyl (C=O) groups excluding carboxylic acids is 2. The summed E-state index contributed by atoms with van der Waals surface area (Å²) in [5.41, 5.74) is 4.16. The highest BCUT2D eigenvalue weighted by molar-refractivity contribution is 5.97. The smallest absolute Gasteiger partial charge is 0.254 e. The first kappa shape index (κ1) is 21.6. The number of aryl methyl sites for hydroxylation is 2. The van der Waals surface area contributed by atoms with Gasteiger partial charge in [0.05, 0.1) is 6.04 Å². The maximum atomic E-state index is 13.1. The molecule has 2 fully saturated rings. The van der Waals surface area contributed by atoms with Gasteiger partial charge in [0, 0.05) is 45.2 Å². The lowest BCUT2D eigenvalue weighted by atomic mass is 10.0. The summed E-state index contributed by atoms with van der Waals surface area (Å²) >= 11 is 0. The number of carbonyl (C=O) groups is 2. The molecule has 5 heteroatoms. The van der Waals surface area contributed by atoms with E-state index in [4.69, 9.17) is 0 Å². The van der Waals surface area contributed by atoms with Crippen LogP contribution in [0.1, 0.15) is 46.4 Å². The second-order valence-electron chi connectivity index (χ2n) is 9.21. The molecule has 0 saturated carbocycles. The molecule has 2 aliphatic heterocycles. The van der Waals surface area contributed by atoms with Gasteiger partial charge in [-0.3, -0.25) is 9.59 Å². The molecule has 2 heterocycles. The fraction of sp³-hybridized carbons (Fsp3) is 0.462. The Labute approximate surface area is 185 Å². The van der Waals surface area contributed by atoms with Crippen LogP contribution in [0.3, 0.4) is 0 Å². The van der Waals surface area contributed by atoms with Crippen LogP contribution in [0.4, 0.5) is 0 Å². The van der Waals surface area contributed by atoms with Crippen molar-refractivity contribution in [1.82, 2.24) is 15.1 Å². The van der Waals surface area contributed by atoms with E-state index in [9.17, 15) is 9.59 Å². The molecule has 3 atom stereocenters. The van der Waals surface area contributed by atoms with Crippen molar-refractivity contribution in [3.63, 3.8) is 0 Å². The number of likely N-dealkylation sites (tertiary alicyclic amines) is 2. The summed E-state index contributed by atoms with van der Waals surface area (Å²) in [6.45, 7) is 10.3. The quantitative estimate of drug-likeness (QED) is 0.779. The van der Waals surface area contributed by atoms with Crippen molar-refractivity contribution in [2.24, 2.45) is 11.8 Å². The van der Waals surface area contributed by atoms with E-state index in [0.717, 1.165) is 61.4 Å². The van der Waals surface area contributed by atoms with Gasteiger partial charge in [-0.25, -0.2) is 0 Å². The Balaban J connectivity index is 1.33. The number of hydrogen-bond acceptors (Lipinski definition) is 3. The summed E-state index contributed by atoms with van der Waals surface area (Å²) in [6.07, 6.45) is 0.897. The van der Waals surface area contributed by atoms with Crippen LogP contribution < -0.4 is 5.32 Å². The molecule has 164 valence electrons. The molecule has 0 aromatic heterocycles. The van der Waals surface area contributed by atoms with Gasteiger partial charge in [-0.15, -0.1) is 0 Å². The Morgan fingerprint density at radius 1 is 0.935 bits per heavy atom. The number of nitrogens with one attached hydrogen (secondary N) is 1. The molecule has 1 N–H and O–H groups in total. The van der Waals surface area contributed by atoms with Gasteiger partial charge in [0.2, 0.25) is 5.91 Å². The molecule has 0 spiro atoms. The van der Waals surface area contributed by atoms with Crippen LogP contribution in [-0.4, -0.2) is 54.3 Å². The number of fused-ring (bicyclic) bond motifs is 1. The number of amides is 2. The third-order valence-corrected chi connectivity index (χ3v) is 6.86. The summed E-state index contributed by atoms with van der Waals surface area (Å²) < 4.78 is 0. The van der Waals surface area contributed by atoms with Crippen LogP contribution in [0, 0.1) is 25.7 Å². The highest BCUT2D eigenvalue weighted by Crippen LogP contribution is 2.33. The minimum atomic E-state index is 0.00722. The molecule has 2 aromatic rings. The van der Waals surface area contributed by atoms with E-state index < -0.39 is 0 Å². The molecular formula is C26H33N3O2. The minimum Gasteiger partial charge on any atom is -0.349 e. The largest absolute Gasteiger partial charge is 0.349 e. The summed E-state index contributed by atoms with van der Waals surface area (Å²) in [5.74, 6) is 1.28. The predicted molar refractivity (Wildman–Crippen MR) is 123 cm³/mol. The zero-order chi connectivity index (χ0) is 22.0. The van der Waals surface area contributed by atoms with Crippen molar-refractivity contribution in [2.75, 3.05) is 32.7 Å². The highest BCUT2D eigenvalue weighted by atomic mass is 16.2. The summed E-state index contributed by atoms with van der Waals surface area (Å²) in [4.78, 5) is 29.4. The first-order chi connectivity index (χ1) is 14.9. The third kappa shape index (κ3) is 4.82. The molecule has 5 nitrogen and oxygen atoms in total. The molecule has 4 rings (SSSR count). The van der Waals surface area contributed by atoms with Gasteiger partial charge in [0.25, 0.3) is 5.91 Å². The molecule has 2 unspecified atom stereocenters. The molecule has 31 heavy (non-hydrogen) atoms. The molecule has 2 amide bonds. The lowest BCUT2D eigenvalue weighted by Gasteiger charge is -2.25. The Morgan fingerprint density at radius 2 is 1.55 bits per heavy atom. The number of benzene rings is 2. The van der Waals surface area contributed by atoms with E-state index in [1.165, 1.54) is 0 Å². The van der Waals surface area contributed by atoms with E-state index in [1.807, 2.05) is 50.2 Å². The summed E-state index contributed by atoms with van der Waals surface area (Å²) in [6, 6.07) is 16.3. The van der Waals surface area contributed by atoms with Gasteiger partial charge in [-0.1, -0.05) is 48.5 Å². The van der Waals surface area contributed by atoms with Gasteiger partial charge < -0.3 is 15.1 Å². The van der Waals surface area contributed by atoms with Crippen LogP contribution in [0.5, 0.6) is 0 Å². The maximum Gasteiger partial charge on any atom is 0.254 e. The summed E-state index contributed by atoms with van der Waals surface area (Å²) in [5, 5.41) is 3.10. The van der Waals surface area contributed by atoms with E-state index in [2.05, 4.69) is 27.2 Å². The Morgan fingerprint density at radius 3 is 2.13 bits per heavy atom. The van der Waals surface area contributed by atoms with Gasteiger partial charge in [-0.2, -0.15) is 0 Å². The van der Waals surface area contributed by atoms with Crippen LogP contribution in [0.15, 0.2) is 48.5 Å². The highest BCUT2D eigenvalue weighted by Gasteiger charge is 2.41. The Kier molecular flexibility index (Phi) is 6.42. The number of rotatable bonds is 6. The summed E-state index contributed by atoms with van der Waals surface area (Å²) in [7, 11) is 0. The normalized spacial score (nSPS) is 21.7. The second-order valence-corrected chi connectivity index (χ2v) is 9.21. The van der Waals surface area contributed by atoms with Gasteiger partial charge in [0.1, 0.15) is 0 Å². The fourth-order valence-electron chi connectivity index (χ4n) is 5.31.